The first kappa shape index (κ1) is 17.1. The molecule has 0 saturated carbocycles. The van der Waals surface area contributed by atoms with Gasteiger partial charge in [-0.05, 0) is 54.9 Å². The zero-order chi connectivity index (χ0) is 15.5. The SMILES string of the molecule is CC(C)NC(=O)C(C)NS(=O)(=O)c1ccc(F)cc1Br. The molecule has 0 fully saturated rings. The van der Waals surface area contributed by atoms with Crippen LogP contribution in [0.1, 0.15) is 20.8 Å². The number of nitrogens with one attached hydrogen (secondary N) is 2. The van der Waals surface area contributed by atoms with Crippen molar-refractivity contribution < 1.29 is 17.6 Å². The molecule has 0 aliphatic heterocycles. The molecule has 2 N–H and O–H groups in total. The maximum Gasteiger partial charge on any atom is 0.242 e. The fourth-order valence-electron chi connectivity index (χ4n) is 1.45. The van der Waals surface area contributed by atoms with Crippen LogP contribution in [-0.2, 0) is 14.8 Å². The Hall–Kier alpha value is -0.990. The summed E-state index contributed by atoms with van der Waals surface area (Å²) in [5.74, 6) is -0.983. The summed E-state index contributed by atoms with van der Waals surface area (Å²) in [7, 11) is -3.91. The van der Waals surface area contributed by atoms with Crippen molar-refractivity contribution >= 4 is 31.9 Å². The summed E-state index contributed by atoms with van der Waals surface area (Å²) >= 11 is 2.99. The summed E-state index contributed by atoms with van der Waals surface area (Å²) in [6.07, 6.45) is 0. The van der Waals surface area contributed by atoms with Crippen molar-refractivity contribution in [3.63, 3.8) is 0 Å². The Morgan fingerprint density at radius 1 is 1.30 bits per heavy atom. The van der Waals surface area contributed by atoms with Gasteiger partial charge in [-0.25, -0.2) is 12.8 Å². The van der Waals surface area contributed by atoms with Crippen LogP contribution >= 0.6 is 15.9 Å². The molecule has 0 aliphatic rings. The van der Waals surface area contributed by atoms with Crippen molar-refractivity contribution in [3.05, 3.63) is 28.5 Å². The molecule has 1 aromatic carbocycles. The summed E-state index contributed by atoms with van der Waals surface area (Å²) in [6, 6.07) is 2.20. The summed E-state index contributed by atoms with van der Waals surface area (Å²) in [6.45, 7) is 4.98. The van der Waals surface area contributed by atoms with Gasteiger partial charge in [0.1, 0.15) is 5.82 Å². The van der Waals surface area contributed by atoms with E-state index in [0.29, 0.717) is 0 Å². The van der Waals surface area contributed by atoms with Crippen LogP contribution in [0.3, 0.4) is 0 Å². The molecule has 0 saturated heterocycles. The van der Waals surface area contributed by atoms with E-state index in [1.807, 2.05) is 0 Å². The van der Waals surface area contributed by atoms with Crippen molar-refractivity contribution in [1.29, 1.82) is 0 Å². The predicted octanol–water partition coefficient (Wildman–Crippen LogP) is 1.78. The molecule has 0 aromatic heterocycles. The summed E-state index contributed by atoms with van der Waals surface area (Å²) in [4.78, 5) is 11.6. The maximum atomic E-state index is 13.0. The Kier molecular flexibility index (Phi) is 5.67. The summed E-state index contributed by atoms with van der Waals surface area (Å²) in [5, 5.41) is 2.60. The van der Waals surface area contributed by atoms with Gasteiger partial charge in [-0.15, -0.1) is 0 Å². The highest BCUT2D eigenvalue weighted by molar-refractivity contribution is 9.10. The standard InChI is InChI=1S/C12H16BrFN2O3S/c1-7(2)15-12(17)8(3)16-20(18,19)11-5-4-9(14)6-10(11)13/h4-8,16H,1-3H3,(H,15,17). The van der Waals surface area contributed by atoms with Gasteiger partial charge in [-0.1, -0.05) is 0 Å². The quantitative estimate of drug-likeness (QED) is 0.833. The number of carbonyl (C=O) groups excluding carboxylic acids is 1. The highest BCUT2D eigenvalue weighted by Crippen LogP contribution is 2.22. The number of sulfonamides is 1. The van der Waals surface area contributed by atoms with Gasteiger partial charge in [0.15, 0.2) is 0 Å². The normalized spacial score (nSPS) is 13.3. The lowest BCUT2D eigenvalue weighted by molar-refractivity contribution is -0.122. The molecule has 1 atom stereocenters. The first-order valence-corrected chi connectivity index (χ1v) is 8.19. The van der Waals surface area contributed by atoms with Gasteiger partial charge in [0, 0.05) is 10.5 Å². The van der Waals surface area contributed by atoms with E-state index >= 15 is 0 Å². The highest BCUT2D eigenvalue weighted by atomic mass is 79.9. The topological polar surface area (TPSA) is 75.3 Å². The zero-order valence-electron chi connectivity index (χ0n) is 11.3. The van der Waals surface area contributed by atoms with Crippen LogP contribution in [0.15, 0.2) is 27.6 Å². The molecule has 0 aliphatic carbocycles. The Labute approximate surface area is 126 Å². The molecular formula is C12H16BrFN2O3S. The maximum absolute atomic E-state index is 13.0. The zero-order valence-corrected chi connectivity index (χ0v) is 13.7. The van der Waals surface area contributed by atoms with E-state index in [-0.39, 0.29) is 15.4 Å². The second-order valence-electron chi connectivity index (χ2n) is 4.58. The fraction of sp³-hybridized carbons (Fsp3) is 0.417. The van der Waals surface area contributed by atoms with Gasteiger partial charge in [-0.3, -0.25) is 4.79 Å². The minimum Gasteiger partial charge on any atom is -0.353 e. The highest BCUT2D eigenvalue weighted by Gasteiger charge is 2.24. The van der Waals surface area contributed by atoms with Crippen LogP contribution in [0.5, 0.6) is 0 Å². The smallest absolute Gasteiger partial charge is 0.242 e. The number of hydrogen-bond acceptors (Lipinski definition) is 3. The lowest BCUT2D eigenvalue weighted by Crippen LogP contribution is -2.46. The average molecular weight is 367 g/mol. The molecule has 1 rings (SSSR count). The monoisotopic (exact) mass is 366 g/mol. The molecule has 20 heavy (non-hydrogen) atoms. The molecule has 8 heteroatoms. The van der Waals surface area contributed by atoms with Crippen molar-refractivity contribution in [2.24, 2.45) is 0 Å². The molecule has 1 aromatic rings. The lowest BCUT2D eigenvalue weighted by atomic mass is 10.3. The molecule has 1 amide bonds. The average Bonchev–Trinajstić information content (AvgIpc) is 2.26. The number of hydrogen-bond donors (Lipinski definition) is 2. The Balaban J connectivity index is 2.92. The van der Waals surface area contributed by atoms with E-state index in [2.05, 4.69) is 26.0 Å². The van der Waals surface area contributed by atoms with Gasteiger partial charge in [0.2, 0.25) is 15.9 Å². The van der Waals surface area contributed by atoms with Gasteiger partial charge < -0.3 is 5.32 Å². The van der Waals surface area contributed by atoms with Crippen molar-refractivity contribution in [2.45, 2.75) is 37.8 Å². The molecular weight excluding hydrogens is 351 g/mol. The van der Waals surface area contributed by atoms with Crippen LogP contribution in [0.2, 0.25) is 0 Å². The molecule has 0 radical (unpaired) electrons. The number of rotatable bonds is 5. The number of amides is 1. The second-order valence-corrected chi connectivity index (χ2v) is 7.12. The summed E-state index contributed by atoms with van der Waals surface area (Å²) in [5.41, 5.74) is 0. The number of benzene rings is 1. The van der Waals surface area contributed by atoms with E-state index < -0.39 is 27.8 Å². The van der Waals surface area contributed by atoms with Crippen molar-refractivity contribution in [1.82, 2.24) is 10.0 Å². The minimum absolute atomic E-state index is 0.0907. The third kappa shape index (κ3) is 4.53. The van der Waals surface area contributed by atoms with Gasteiger partial charge in [0.25, 0.3) is 0 Å². The van der Waals surface area contributed by atoms with Crippen molar-refractivity contribution in [3.8, 4) is 0 Å². The Bertz CT molecular complexity index is 605. The fourth-order valence-corrected chi connectivity index (χ4v) is 3.70. The molecule has 5 nitrogen and oxygen atoms in total. The minimum atomic E-state index is -3.91. The Morgan fingerprint density at radius 2 is 1.90 bits per heavy atom. The van der Waals surface area contributed by atoms with E-state index in [4.69, 9.17) is 0 Å². The van der Waals surface area contributed by atoms with Gasteiger partial charge in [-0.2, -0.15) is 4.72 Å². The first-order valence-electron chi connectivity index (χ1n) is 5.91. The molecule has 0 heterocycles. The first-order chi connectivity index (χ1) is 9.13. The molecule has 0 bridgehead atoms. The third-order valence-corrected chi connectivity index (χ3v) is 4.86. The largest absolute Gasteiger partial charge is 0.353 e. The predicted molar refractivity (Wildman–Crippen MR) is 77.2 cm³/mol. The van der Waals surface area contributed by atoms with Crippen LogP contribution in [0.25, 0.3) is 0 Å². The molecule has 1 unspecified atom stereocenters. The van der Waals surface area contributed by atoms with Crippen LogP contribution in [-0.4, -0.2) is 26.4 Å². The van der Waals surface area contributed by atoms with Gasteiger partial charge >= 0.3 is 0 Å². The second kappa shape index (κ2) is 6.64. The molecule has 0 spiro atoms. The van der Waals surface area contributed by atoms with E-state index in [1.165, 1.54) is 6.92 Å². The third-order valence-electron chi connectivity index (χ3n) is 2.34. The van der Waals surface area contributed by atoms with Crippen LogP contribution < -0.4 is 10.0 Å². The van der Waals surface area contributed by atoms with Crippen LogP contribution in [0.4, 0.5) is 4.39 Å². The number of halogens is 2. The number of carbonyl (C=O) groups is 1. The van der Waals surface area contributed by atoms with Crippen LogP contribution in [0, 0.1) is 5.82 Å². The van der Waals surface area contributed by atoms with Crippen molar-refractivity contribution in [2.75, 3.05) is 0 Å². The molecule has 112 valence electrons. The van der Waals surface area contributed by atoms with E-state index in [0.717, 1.165) is 18.2 Å². The summed E-state index contributed by atoms with van der Waals surface area (Å²) < 4.78 is 39.5. The van der Waals surface area contributed by atoms with E-state index in [9.17, 15) is 17.6 Å². The van der Waals surface area contributed by atoms with E-state index in [1.54, 1.807) is 13.8 Å². The lowest BCUT2D eigenvalue weighted by Gasteiger charge is -2.16. The van der Waals surface area contributed by atoms with Gasteiger partial charge in [0.05, 0.1) is 10.9 Å². The Morgan fingerprint density at radius 3 is 2.40 bits per heavy atom.